The van der Waals surface area contributed by atoms with Crippen LogP contribution in [0.15, 0.2) is 29.4 Å². The smallest absolute Gasteiger partial charge is 0.262 e. The van der Waals surface area contributed by atoms with Crippen LogP contribution in [0.4, 0.5) is 10.1 Å². The van der Waals surface area contributed by atoms with Crippen molar-refractivity contribution in [3.05, 3.63) is 46.3 Å². The molecule has 1 N–H and O–H groups in total. The van der Waals surface area contributed by atoms with Crippen LogP contribution in [0.5, 0.6) is 0 Å². The van der Waals surface area contributed by atoms with Crippen molar-refractivity contribution >= 4 is 15.7 Å². The zero-order chi connectivity index (χ0) is 15.6. The number of nitrogens with zero attached hydrogens (tertiary/aromatic N) is 4. The van der Waals surface area contributed by atoms with Gasteiger partial charge in [-0.25, -0.2) is 13.4 Å². The molecule has 0 aliphatic carbocycles. The van der Waals surface area contributed by atoms with Gasteiger partial charge in [0.15, 0.2) is 0 Å². The Labute approximate surface area is 118 Å². The summed E-state index contributed by atoms with van der Waals surface area (Å²) in [4.78, 5) is 13.1. The molecule has 0 saturated carbocycles. The van der Waals surface area contributed by atoms with E-state index in [9.17, 15) is 22.9 Å². The van der Waals surface area contributed by atoms with Gasteiger partial charge in [-0.05, 0) is 12.1 Å². The standard InChI is InChI=1S/C10H10FN5O4S/c1-15(5-10-12-6-13-14-10)21(19,20)7-2-3-8(11)9(4-7)16(17)18/h2-4,6H,5H2,1H3,(H,12,13,14). The molecule has 1 heterocycles. The van der Waals surface area contributed by atoms with Gasteiger partial charge in [-0.3, -0.25) is 15.2 Å². The SMILES string of the molecule is CN(Cc1ncn[nH]1)S(=O)(=O)c1ccc(F)c([N+](=O)[O-])c1. The van der Waals surface area contributed by atoms with Crippen LogP contribution in [0.2, 0.25) is 0 Å². The molecule has 0 atom stereocenters. The third kappa shape index (κ3) is 3.03. The summed E-state index contributed by atoms with van der Waals surface area (Å²) >= 11 is 0. The molecule has 21 heavy (non-hydrogen) atoms. The summed E-state index contributed by atoms with van der Waals surface area (Å²) in [6, 6.07) is 2.39. The molecule has 2 rings (SSSR count). The molecular formula is C10H10FN5O4S. The Kier molecular flexibility index (Phi) is 3.95. The molecule has 0 amide bonds. The number of H-pyrrole nitrogens is 1. The molecule has 1 aromatic carbocycles. The Balaban J connectivity index is 2.35. The average molecular weight is 315 g/mol. The Morgan fingerprint density at radius 1 is 1.48 bits per heavy atom. The first-order valence-corrected chi connectivity index (χ1v) is 7.01. The van der Waals surface area contributed by atoms with E-state index in [0.29, 0.717) is 11.9 Å². The highest BCUT2D eigenvalue weighted by Crippen LogP contribution is 2.23. The molecule has 0 radical (unpaired) electrons. The minimum Gasteiger partial charge on any atom is -0.262 e. The number of hydrogen-bond acceptors (Lipinski definition) is 6. The fourth-order valence-corrected chi connectivity index (χ4v) is 2.73. The lowest BCUT2D eigenvalue weighted by molar-refractivity contribution is -0.387. The van der Waals surface area contributed by atoms with E-state index >= 15 is 0 Å². The number of sulfonamides is 1. The number of halogens is 1. The second-order valence-corrected chi connectivity index (χ2v) is 6.11. The van der Waals surface area contributed by atoms with Gasteiger partial charge in [0.05, 0.1) is 16.4 Å². The van der Waals surface area contributed by atoms with Crippen LogP contribution in [0.3, 0.4) is 0 Å². The first-order chi connectivity index (χ1) is 9.82. The summed E-state index contributed by atoms with van der Waals surface area (Å²) in [6.07, 6.45) is 1.22. The van der Waals surface area contributed by atoms with E-state index in [1.54, 1.807) is 0 Å². The third-order valence-electron chi connectivity index (χ3n) is 2.66. The lowest BCUT2D eigenvalue weighted by Crippen LogP contribution is -2.27. The topological polar surface area (TPSA) is 122 Å². The van der Waals surface area contributed by atoms with Crippen LogP contribution in [0.25, 0.3) is 0 Å². The van der Waals surface area contributed by atoms with Gasteiger partial charge in [0.1, 0.15) is 12.2 Å². The van der Waals surface area contributed by atoms with Crippen molar-refractivity contribution in [2.24, 2.45) is 0 Å². The van der Waals surface area contributed by atoms with E-state index in [1.807, 2.05) is 0 Å². The molecule has 112 valence electrons. The number of nitro groups is 1. The molecule has 0 aliphatic rings. The number of benzene rings is 1. The predicted molar refractivity (Wildman–Crippen MR) is 68.1 cm³/mol. The maximum atomic E-state index is 13.2. The van der Waals surface area contributed by atoms with Crippen molar-refractivity contribution in [3.8, 4) is 0 Å². The molecular weight excluding hydrogens is 305 g/mol. The fourth-order valence-electron chi connectivity index (χ4n) is 1.58. The molecule has 0 unspecified atom stereocenters. The van der Waals surface area contributed by atoms with Gasteiger partial charge in [-0.15, -0.1) is 0 Å². The van der Waals surface area contributed by atoms with Crippen molar-refractivity contribution in [3.63, 3.8) is 0 Å². The van der Waals surface area contributed by atoms with Gasteiger partial charge < -0.3 is 0 Å². The minimum atomic E-state index is -4.01. The zero-order valence-corrected chi connectivity index (χ0v) is 11.5. The number of nitrogens with one attached hydrogen (secondary N) is 1. The first kappa shape index (κ1) is 15.0. The molecule has 0 aliphatic heterocycles. The number of aromatic amines is 1. The zero-order valence-electron chi connectivity index (χ0n) is 10.7. The Bertz CT molecular complexity index is 762. The molecule has 0 saturated heterocycles. The molecule has 0 fully saturated rings. The second-order valence-electron chi connectivity index (χ2n) is 4.06. The van der Waals surface area contributed by atoms with Crippen LogP contribution in [-0.4, -0.2) is 39.9 Å². The second kappa shape index (κ2) is 5.54. The van der Waals surface area contributed by atoms with Crippen LogP contribution < -0.4 is 0 Å². The van der Waals surface area contributed by atoms with Gasteiger partial charge >= 0.3 is 5.69 Å². The van der Waals surface area contributed by atoms with Crippen molar-refractivity contribution in [1.82, 2.24) is 19.5 Å². The van der Waals surface area contributed by atoms with Crippen LogP contribution in [0.1, 0.15) is 5.82 Å². The molecule has 1 aromatic heterocycles. The van der Waals surface area contributed by atoms with E-state index in [0.717, 1.165) is 16.4 Å². The van der Waals surface area contributed by atoms with Crippen LogP contribution in [0, 0.1) is 15.9 Å². The summed E-state index contributed by atoms with van der Waals surface area (Å²) in [5.41, 5.74) is -0.899. The molecule has 0 bridgehead atoms. The van der Waals surface area contributed by atoms with E-state index in [1.165, 1.54) is 13.4 Å². The summed E-state index contributed by atoms with van der Waals surface area (Å²) in [5, 5.41) is 16.7. The highest BCUT2D eigenvalue weighted by Gasteiger charge is 2.25. The van der Waals surface area contributed by atoms with Gasteiger partial charge in [0, 0.05) is 13.1 Å². The van der Waals surface area contributed by atoms with Crippen molar-refractivity contribution in [2.75, 3.05) is 7.05 Å². The molecule has 0 spiro atoms. The van der Waals surface area contributed by atoms with Crippen molar-refractivity contribution in [2.45, 2.75) is 11.4 Å². The Morgan fingerprint density at radius 3 is 2.76 bits per heavy atom. The van der Waals surface area contributed by atoms with Gasteiger partial charge in [-0.2, -0.15) is 13.8 Å². The lowest BCUT2D eigenvalue weighted by atomic mass is 10.3. The maximum Gasteiger partial charge on any atom is 0.306 e. The van der Waals surface area contributed by atoms with E-state index < -0.39 is 26.5 Å². The largest absolute Gasteiger partial charge is 0.306 e. The number of hydrogen-bond donors (Lipinski definition) is 1. The number of nitro benzene ring substituents is 1. The molecule has 11 heteroatoms. The first-order valence-electron chi connectivity index (χ1n) is 5.57. The summed E-state index contributed by atoms with van der Waals surface area (Å²) in [5.74, 6) is -0.797. The monoisotopic (exact) mass is 315 g/mol. The Morgan fingerprint density at radius 2 is 2.19 bits per heavy atom. The highest BCUT2D eigenvalue weighted by atomic mass is 32.2. The maximum absolute atomic E-state index is 13.2. The van der Waals surface area contributed by atoms with E-state index in [-0.39, 0.29) is 11.4 Å². The van der Waals surface area contributed by atoms with Crippen LogP contribution >= 0.6 is 0 Å². The quantitative estimate of drug-likeness (QED) is 0.639. The summed E-state index contributed by atoms with van der Waals surface area (Å²) < 4.78 is 38.7. The van der Waals surface area contributed by atoms with Gasteiger partial charge in [0.2, 0.25) is 15.8 Å². The summed E-state index contributed by atoms with van der Waals surface area (Å²) in [6.45, 7) is -0.104. The lowest BCUT2D eigenvalue weighted by Gasteiger charge is -2.15. The van der Waals surface area contributed by atoms with Crippen molar-refractivity contribution in [1.29, 1.82) is 0 Å². The predicted octanol–water partition coefficient (Wildman–Crippen LogP) is 0.673. The van der Waals surface area contributed by atoms with Gasteiger partial charge in [-0.1, -0.05) is 0 Å². The summed E-state index contributed by atoms with van der Waals surface area (Å²) in [7, 11) is -2.74. The number of rotatable bonds is 5. The van der Waals surface area contributed by atoms with Gasteiger partial charge in [0.25, 0.3) is 0 Å². The molecule has 2 aromatic rings. The number of aromatic nitrogens is 3. The fraction of sp³-hybridized carbons (Fsp3) is 0.200. The third-order valence-corrected chi connectivity index (χ3v) is 4.46. The highest BCUT2D eigenvalue weighted by molar-refractivity contribution is 7.89. The van der Waals surface area contributed by atoms with Crippen LogP contribution in [-0.2, 0) is 16.6 Å². The van der Waals surface area contributed by atoms with E-state index in [2.05, 4.69) is 15.2 Å². The van der Waals surface area contributed by atoms with E-state index in [4.69, 9.17) is 0 Å². The molecule has 9 nitrogen and oxygen atoms in total. The average Bonchev–Trinajstić information content (AvgIpc) is 2.91. The Hall–Kier alpha value is -2.40. The normalized spacial score (nSPS) is 11.8. The minimum absolute atomic E-state index is 0.104. The van der Waals surface area contributed by atoms with Crippen molar-refractivity contribution < 1.29 is 17.7 Å².